The molecular formula is C22H28N6O2. The lowest BCUT2D eigenvalue weighted by Crippen LogP contribution is -2.45. The van der Waals surface area contributed by atoms with Gasteiger partial charge in [0.1, 0.15) is 17.3 Å². The summed E-state index contributed by atoms with van der Waals surface area (Å²) in [5, 5.41) is 9.14. The van der Waals surface area contributed by atoms with Crippen LogP contribution in [0.4, 0.5) is 16.4 Å². The number of nitrogens with zero attached hydrogens (tertiary/aromatic N) is 3. The van der Waals surface area contributed by atoms with Gasteiger partial charge in [-0.05, 0) is 74.9 Å². The maximum absolute atomic E-state index is 13.3. The second-order valence-electron chi connectivity index (χ2n) is 8.16. The van der Waals surface area contributed by atoms with Crippen LogP contribution in [0.25, 0.3) is 0 Å². The molecule has 158 valence electrons. The van der Waals surface area contributed by atoms with E-state index < -0.39 is 0 Å². The summed E-state index contributed by atoms with van der Waals surface area (Å²) in [5.74, 6) is 1.39. The first-order chi connectivity index (χ1) is 14.5. The van der Waals surface area contributed by atoms with Crippen molar-refractivity contribution in [1.29, 1.82) is 0 Å². The third kappa shape index (κ3) is 4.76. The Morgan fingerprint density at radius 1 is 1.20 bits per heavy atom. The van der Waals surface area contributed by atoms with E-state index in [9.17, 15) is 9.59 Å². The van der Waals surface area contributed by atoms with Gasteiger partial charge in [-0.3, -0.25) is 15.0 Å². The second-order valence-corrected chi connectivity index (χ2v) is 8.16. The smallest absolute Gasteiger partial charge is 0.328 e. The SMILES string of the molecule is Cc1ccnc(NC(=O)N(c2nc(C(=O)NCC3CC3)ccc2C)[C@H]2CCNC2)c1. The molecule has 30 heavy (non-hydrogen) atoms. The van der Waals surface area contributed by atoms with Crippen LogP contribution in [-0.4, -0.2) is 47.6 Å². The number of hydrogen-bond acceptors (Lipinski definition) is 5. The molecule has 1 saturated carbocycles. The average Bonchev–Trinajstić information content (AvgIpc) is 3.40. The summed E-state index contributed by atoms with van der Waals surface area (Å²) >= 11 is 0. The molecule has 2 aromatic rings. The zero-order chi connectivity index (χ0) is 21.1. The molecule has 4 rings (SSSR count). The Kier molecular flexibility index (Phi) is 5.94. The van der Waals surface area contributed by atoms with E-state index >= 15 is 0 Å². The number of nitrogens with one attached hydrogen (secondary N) is 3. The fraction of sp³-hybridized carbons (Fsp3) is 0.455. The summed E-state index contributed by atoms with van der Waals surface area (Å²) in [6.45, 7) is 6.04. The van der Waals surface area contributed by atoms with E-state index in [2.05, 4.69) is 25.9 Å². The average molecular weight is 409 g/mol. The number of urea groups is 1. The molecule has 2 aromatic heterocycles. The Labute approximate surface area is 176 Å². The van der Waals surface area contributed by atoms with Crippen molar-refractivity contribution in [3.8, 4) is 0 Å². The first kappa shape index (κ1) is 20.3. The van der Waals surface area contributed by atoms with Gasteiger partial charge in [0.25, 0.3) is 5.91 Å². The first-order valence-corrected chi connectivity index (χ1v) is 10.5. The normalized spacial score (nSPS) is 18.1. The molecule has 1 aliphatic carbocycles. The lowest BCUT2D eigenvalue weighted by Gasteiger charge is -2.29. The van der Waals surface area contributed by atoms with Crippen LogP contribution in [-0.2, 0) is 0 Å². The molecule has 1 aliphatic heterocycles. The molecular weight excluding hydrogens is 380 g/mol. The van der Waals surface area contributed by atoms with Crippen molar-refractivity contribution in [2.75, 3.05) is 29.9 Å². The van der Waals surface area contributed by atoms with Gasteiger partial charge in [0, 0.05) is 19.3 Å². The minimum absolute atomic E-state index is 0.0502. The van der Waals surface area contributed by atoms with E-state index in [1.54, 1.807) is 17.2 Å². The van der Waals surface area contributed by atoms with Crippen molar-refractivity contribution in [3.63, 3.8) is 0 Å². The highest BCUT2D eigenvalue weighted by Crippen LogP contribution is 2.28. The van der Waals surface area contributed by atoms with Gasteiger partial charge >= 0.3 is 6.03 Å². The molecule has 3 heterocycles. The summed E-state index contributed by atoms with van der Waals surface area (Å²) in [5.41, 5.74) is 2.18. The van der Waals surface area contributed by atoms with E-state index in [-0.39, 0.29) is 18.0 Å². The van der Waals surface area contributed by atoms with Crippen molar-refractivity contribution >= 4 is 23.6 Å². The van der Waals surface area contributed by atoms with Gasteiger partial charge in [-0.15, -0.1) is 0 Å². The Hall–Kier alpha value is -3.00. The fourth-order valence-electron chi connectivity index (χ4n) is 3.61. The van der Waals surface area contributed by atoms with Crippen LogP contribution >= 0.6 is 0 Å². The standard InChI is InChI=1S/C22H28N6O2/c1-14-7-10-24-19(11-14)27-22(30)28(17-8-9-23-13-17)20-15(2)3-6-18(26-20)21(29)25-12-16-4-5-16/h3,6-7,10-11,16-17,23H,4-5,8-9,12-13H2,1-2H3,(H,25,29)(H,24,27,30)/t17-/m0/s1. The summed E-state index contributed by atoms with van der Waals surface area (Å²) in [6.07, 6.45) is 4.82. The predicted octanol–water partition coefficient (Wildman–Crippen LogP) is 2.63. The molecule has 0 bridgehead atoms. The molecule has 0 spiro atoms. The van der Waals surface area contributed by atoms with Crippen molar-refractivity contribution in [1.82, 2.24) is 20.6 Å². The maximum Gasteiger partial charge on any atom is 0.328 e. The lowest BCUT2D eigenvalue weighted by molar-refractivity contribution is 0.0947. The molecule has 1 saturated heterocycles. The van der Waals surface area contributed by atoms with E-state index in [0.29, 0.717) is 36.3 Å². The molecule has 0 aromatic carbocycles. The highest BCUT2D eigenvalue weighted by molar-refractivity contribution is 6.02. The highest BCUT2D eigenvalue weighted by atomic mass is 16.2. The largest absolute Gasteiger partial charge is 0.350 e. The molecule has 3 amide bonds. The number of pyridine rings is 2. The number of amides is 3. The third-order valence-electron chi connectivity index (χ3n) is 5.55. The Morgan fingerprint density at radius 2 is 2.03 bits per heavy atom. The first-order valence-electron chi connectivity index (χ1n) is 10.5. The van der Waals surface area contributed by atoms with Gasteiger partial charge < -0.3 is 10.6 Å². The van der Waals surface area contributed by atoms with Crippen molar-refractivity contribution in [2.45, 2.75) is 39.2 Å². The zero-order valence-electron chi connectivity index (χ0n) is 17.4. The van der Waals surface area contributed by atoms with Gasteiger partial charge in [0.2, 0.25) is 0 Å². The molecule has 3 N–H and O–H groups in total. The van der Waals surface area contributed by atoms with Crippen LogP contribution in [0.15, 0.2) is 30.5 Å². The van der Waals surface area contributed by atoms with E-state index in [4.69, 9.17) is 0 Å². The van der Waals surface area contributed by atoms with Crippen LogP contribution < -0.4 is 20.9 Å². The van der Waals surface area contributed by atoms with E-state index in [0.717, 1.165) is 24.1 Å². The van der Waals surface area contributed by atoms with Crippen LogP contribution in [0.3, 0.4) is 0 Å². The minimum Gasteiger partial charge on any atom is -0.350 e. The zero-order valence-corrected chi connectivity index (χ0v) is 17.4. The Balaban J connectivity index is 1.60. The summed E-state index contributed by atoms with van der Waals surface area (Å²) in [6, 6.07) is 6.92. The number of rotatable bonds is 6. The summed E-state index contributed by atoms with van der Waals surface area (Å²) in [4.78, 5) is 36.3. The fourth-order valence-corrected chi connectivity index (χ4v) is 3.61. The molecule has 1 atom stereocenters. The highest BCUT2D eigenvalue weighted by Gasteiger charge is 2.31. The second kappa shape index (κ2) is 8.79. The van der Waals surface area contributed by atoms with Crippen LogP contribution in [0.2, 0.25) is 0 Å². The van der Waals surface area contributed by atoms with Gasteiger partial charge in [0.15, 0.2) is 0 Å². The number of anilines is 2. The number of carbonyl (C=O) groups excluding carboxylic acids is 2. The van der Waals surface area contributed by atoms with Gasteiger partial charge in [-0.2, -0.15) is 0 Å². The van der Waals surface area contributed by atoms with E-state index in [1.807, 2.05) is 32.0 Å². The van der Waals surface area contributed by atoms with Crippen molar-refractivity contribution < 1.29 is 9.59 Å². The topological polar surface area (TPSA) is 99.2 Å². The van der Waals surface area contributed by atoms with Gasteiger partial charge in [-0.25, -0.2) is 14.8 Å². The van der Waals surface area contributed by atoms with Crippen LogP contribution in [0, 0.1) is 19.8 Å². The molecule has 0 radical (unpaired) electrons. The van der Waals surface area contributed by atoms with Crippen molar-refractivity contribution in [3.05, 3.63) is 47.3 Å². The molecule has 8 heteroatoms. The van der Waals surface area contributed by atoms with Crippen molar-refractivity contribution in [2.24, 2.45) is 5.92 Å². The molecule has 2 fully saturated rings. The Morgan fingerprint density at radius 3 is 2.73 bits per heavy atom. The Bertz CT molecular complexity index is 937. The summed E-state index contributed by atoms with van der Waals surface area (Å²) in [7, 11) is 0. The summed E-state index contributed by atoms with van der Waals surface area (Å²) < 4.78 is 0. The monoisotopic (exact) mass is 408 g/mol. The number of hydrogen-bond donors (Lipinski definition) is 3. The quantitative estimate of drug-likeness (QED) is 0.682. The number of aromatic nitrogens is 2. The maximum atomic E-state index is 13.3. The van der Waals surface area contributed by atoms with E-state index in [1.165, 1.54) is 12.8 Å². The lowest BCUT2D eigenvalue weighted by atomic mass is 10.1. The van der Waals surface area contributed by atoms with Crippen LogP contribution in [0.5, 0.6) is 0 Å². The molecule has 0 unspecified atom stereocenters. The third-order valence-corrected chi connectivity index (χ3v) is 5.55. The number of aryl methyl sites for hydroxylation is 2. The molecule has 8 nitrogen and oxygen atoms in total. The van der Waals surface area contributed by atoms with Crippen LogP contribution in [0.1, 0.15) is 40.9 Å². The number of carbonyl (C=O) groups is 2. The molecule has 2 aliphatic rings. The van der Waals surface area contributed by atoms with Gasteiger partial charge in [-0.1, -0.05) is 6.07 Å². The van der Waals surface area contributed by atoms with Gasteiger partial charge in [0.05, 0.1) is 6.04 Å². The minimum atomic E-state index is -0.298. The predicted molar refractivity (Wildman–Crippen MR) is 116 cm³/mol.